The van der Waals surface area contributed by atoms with Gasteiger partial charge in [-0.1, -0.05) is 46.4 Å². The summed E-state index contributed by atoms with van der Waals surface area (Å²) in [5.41, 5.74) is 0. The zero-order valence-corrected chi connectivity index (χ0v) is 11.1. The fourth-order valence-electron chi connectivity index (χ4n) is 1.68. The molecule has 2 unspecified atom stereocenters. The molecule has 0 aromatic heterocycles. The van der Waals surface area contributed by atoms with Crippen molar-refractivity contribution in [3.05, 3.63) is 0 Å². The van der Waals surface area contributed by atoms with E-state index in [-0.39, 0.29) is 0 Å². The van der Waals surface area contributed by atoms with E-state index in [1.165, 1.54) is 0 Å². The lowest BCUT2D eigenvalue weighted by atomic mass is 9.71. The molecular weight excluding hydrogens is 331 g/mol. The van der Waals surface area contributed by atoms with Crippen molar-refractivity contribution in [1.29, 1.82) is 0 Å². The summed E-state index contributed by atoms with van der Waals surface area (Å²) >= 11 is 34.8. The molecule has 3 nitrogen and oxygen atoms in total. The maximum absolute atomic E-state index is 11.4. The fraction of sp³-hybridized carbons (Fsp3) is 0.667. The van der Waals surface area contributed by atoms with Crippen LogP contribution in [0.4, 0.5) is 0 Å². The third kappa shape index (κ3) is 0.883. The lowest BCUT2D eigenvalue weighted by Crippen LogP contribution is -2.84. The molecule has 2 aliphatic rings. The molecule has 0 aromatic carbocycles. The molecule has 84 valence electrons. The molecule has 0 aromatic rings. The van der Waals surface area contributed by atoms with Gasteiger partial charge >= 0.3 is 0 Å². The van der Waals surface area contributed by atoms with Crippen molar-refractivity contribution < 1.29 is 9.59 Å². The Balaban J connectivity index is 2.69. The second kappa shape index (κ2) is 2.82. The van der Waals surface area contributed by atoms with Gasteiger partial charge in [-0.2, -0.15) is 0 Å². The average molecular weight is 332 g/mol. The van der Waals surface area contributed by atoms with Crippen LogP contribution in [0.15, 0.2) is 0 Å². The Morgan fingerprint density at radius 3 is 1.27 bits per heavy atom. The van der Waals surface area contributed by atoms with Crippen molar-refractivity contribution in [2.75, 3.05) is 0 Å². The molecule has 0 bridgehead atoms. The Bertz CT molecular complexity index is 359. The van der Waals surface area contributed by atoms with Crippen LogP contribution in [0, 0.1) is 0 Å². The number of rotatable bonds is 0. The standard InChI is InChI=1S/C6HCl6NO2/c7-3-1(14)13-2(15)4(3,8)6(11,12)5(3,9)10/h(H,13,14,15). The molecule has 2 fully saturated rings. The first kappa shape index (κ1) is 12.3. The molecular formula is C6HCl6NO2. The van der Waals surface area contributed by atoms with Gasteiger partial charge in [0, 0.05) is 0 Å². The Morgan fingerprint density at radius 1 is 0.733 bits per heavy atom. The minimum atomic E-state index is -2.06. The minimum absolute atomic E-state index is 0.911. The highest BCUT2D eigenvalue weighted by Gasteiger charge is 2.95. The Labute approximate surface area is 114 Å². The number of nitrogens with one attached hydrogen (secondary N) is 1. The van der Waals surface area contributed by atoms with Gasteiger partial charge in [-0.15, -0.1) is 23.2 Å². The van der Waals surface area contributed by atoms with Crippen LogP contribution in [0.2, 0.25) is 0 Å². The summed E-state index contributed by atoms with van der Waals surface area (Å²) in [5.74, 6) is -1.82. The van der Waals surface area contributed by atoms with Gasteiger partial charge in [0.15, 0.2) is 18.4 Å². The van der Waals surface area contributed by atoms with Crippen LogP contribution < -0.4 is 5.32 Å². The first-order chi connectivity index (χ1) is 6.55. The Kier molecular flexibility index (Phi) is 2.32. The zero-order valence-electron chi connectivity index (χ0n) is 6.58. The second-order valence-electron chi connectivity index (χ2n) is 3.25. The molecule has 1 N–H and O–H groups in total. The van der Waals surface area contributed by atoms with E-state index in [9.17, 15) is 9.59 Å². The van der Waals surface area contributed by atoms with Crippen LogP contribution in [0.3, 0.4) is 0 Å². The topological polar surface area (TPSA) is 46.2 Å². The fourth-order valence-corrected chi connectivity index (χ4v) is 4.37. The van der Waals surface area contributed by atoms with Crippen LogP contribution in [0.25, 0.3) is 0 Å². The third-order valence-electron chi connectivity index (χ3n) is 2.59. The van der Waals surface area contributed by atoms with Gasteiger partial charge in [0.05, 0.1) is 0 Å². The largest absolute Gasteiger partial charge is 0.293 e. The summed E-state index contributed by atoms with van der Waals surface area (Å²) in [4.78, 5) is 18.8. The molecule has 2 atom stereocenters. The van der Waals surface area contributed by atoms with Crippen LogP contribution in [0.5, 0.6) is 0 Å². The van der Waals surface area contributed by atoms with E-state index in [0.717, 1.165) is 0 Å². The number of fused-ring (bicyclic) bond motifs is 1. The average Bonchev–Trinajstić information content (AvgIpc) is 2.28. The van der Waals surface area contributed by atoms with Gasteiger partial charge in [0.25, 0.3) is 11.8 Å². The van der Waals surface area contributed by atoms with Gasteiger partial charge in [-0.05, 0) is 0 Å². The summed E-state index contributed by atoms with van der Waals surface area (Å²) in [7, 11) is 0. The molecule has 1 aliphatic heterocycles. The second-order valence-corrected chi connectivity index (χ2v) is 7.04. The SMILES string of the molecule is O=C1NC(=O)C2(Cl)C(Cl)(Cl)C(Cl)(Cl)C12Cl. The summed E-state index contributed by atoms with van der Waals surface area (Å²) < 4.78 is -4.11. The van der Waals surface area contributed by atoms with E-state index >= 15 is 0 Å². The quantitative estimate of drug-likeness (QED) is 0.545. The van der Waals surface area contributed by atoms with Gasteiger partial charge < -0.3 is 0 Å². The van der Waals surface area contributed by atoms with Gasteiger partial charge in [0.2, 0.25) is 0 Å². The first-order valence-electron chi connectivity index (χ1n) is 3.54. The summed E-state index contributed by atoms with van der Waals surface area (Å²) in [6.45, 7) is 0. The number of carbonyl (C=O) groups excluding carboxylic acids is 2. The van der Waals surface area contributed by atoms with Crippen molar-refractivity contribution in [2.45, 2.75) is 18.4 Å². The van der Waals surface area contributed by atoms with E-state index in [2.05, 4.69) is 0 Å². The van der Waals surface area contributed by atoms with E-state index < -0.39 is 30.2 Å². The highest BCUT2D eigenvalue weighted by molar-refractivity contribution is 6.78. The molecule has 0 radical (unpaired) electrons. The van der Waals surface area contributed by atoms with Gasteiger partial charge in [0.1, 0.15) is 0 Å². The van der Waals surface area contributed by atoms with Crippen molar-refractivity contribution in [3.63, 3.8) is 0 Å². The maximum Gasteiger partial charge on any atom is 0.253 e. The van der Waals surface area contributed by atoms with Crippen LogP contribution >= 0.6 is 69.6 Å². The molecule has 1 heterocycles. The Morgan fingerprint density at radius 2 is 1.00 bits per heavy atom. The van der Waals surface area contributed by atoms with Crippen molar-refractivity contribution in [3.8, 4) is 0 Å². The number of imide groups is 1. The molecule has 0 spiro atoms. The molecule has 2 rings (SSSR count). The lowest BCUT2D eigenvalue weighted by Gasteiger charge is -2.60. The minimum Gasteiger partial charge on any atom is -0.293 e. The summed E-state index contributed by atoms with van der Waals surface area (Å²) in [6, 6.07) is 0. The van der Waals surface area contributed by atoms with Crippen molar-refractivity contribution in [2.24, 2.45) is 0 Å². The number of alkyl halides is 6. The van der Waals surface area contributed by atoms with Gasteiger partial charge in [-0.25, -0.2) is 0 Å². The number of amides is 2. The molecule has 15 heavy (non-hydrogen) atoms. The van der Waals surface area contributed by atoms with E-state index in [1.807, 2.05) is 5.32 Å². The molecule has 1 saturated carbocycles. The summed E-state index contributed by atoms with van der Waals surface area (Å²) in [6.07, 6.45) is 0. The maximum atomic E-state index is 11.4. The molecule has 2 amide bonds. The highest BCUT2D eigenvalue weighted by atomic mass is 35.5. The first-order valence-corrected chi connectivity index (χ1v) is 5.81. The van der Waals surface area contributed by atoms with Crippen LogP contribution in [0.1, 0.15) is 0 Å². The number of hydrogen-bond acceptors (Lipinski definition) is 2. The number of carbonyl (C=O) groups is 2. The molecule has 1 saturated heterocycles. The molecule has 9 heteroatoms. The number of halogens is 6. The zero-order chi connectivity index (χ0) is 11.9. The summed E-state index contributed by atoms with van der Waals surface area (Å²) in [5, 5.41) is 1.89. The normalized spacial score (nSPS) is 45.7. The Hall–Kier alpha value is 0.880. The predicted molar refractivity (Wildman–Crippen MR) is 59.2 cm³/mol. The van der Waals surface area contributed by atoms with Crippen LogP contribution in [-0.2, 0) is 9.59 Å². The van der Waals surface area contributed by atoms with E-state index in [0.29, 0.717) is 0 Å². The third-order valence-corrected chi connectivity index (χ3v) is 7.20. The smallest absolute Gasteiger partial charge is 0.253 e. The monoisotopic (exact) mass is 329 g/mol. The van der Waals surface area contributed by atoms with E-state index in [4.69, 9.17) is 69.6 Å². The van der Waals surface area contributed by atoms with Crippen LogP contribution in [-0.4, -0.2) is 30.2 Å². The van der Waals surface area contributed by atoms with Crippen molar-refractivity contribution in [1.82, 2.24) is 5.32 Å². The van der Waals surface area contributed by atoms with Gasteiger partial charge in [-0.3, -0.25) is 14.9 Å². The predicted octanol–water partition coefficient (Wildman–Crippen LogP) is 1.96. The highest BCUT2D eigenvalue weighted by Crippen LogP contribution is 2.75. The van der Waals surface area contributed by atoms with E-state index in [1.54, 1.807) is 0 Å². The van der Waals surface area contributed by atoms with Crippen molar-refractivity contribution >= 4 is 81.4 Å². The number of hydrogen-bond donors (Lipinski definition) is 1. The lowest BCUT2D eigenvalue weighted by molar-refractivity contribution is -0.125. The molecule has 1 aliphatic carbocycles.